The van der Waals surface area contributed by atoms with Gasteiger partial charge in [0.25, 0.3) is 0 Å². The van der Waals surface area contributed by atoms with Gasteiger partial charge in [-0.25, -0.2) is 9.59 Å². The summed E-state index contributed by atoms with van der Waals surface area (Å²) >= 11 is 3.17. The number of anilines is 1. The maximum atomic E-state index is 12.0. The molecule has 8 nitrogen and oxygen atoms in total. The zero-order valence-electron chi connectivity index (χ0n) is 10.6. The van der Waals surface area contributed by atoms with Crippen LogP contribution in [-0.2, 0) is 9.59 Å². The second-order valence-corrected chi connectivity index (χ2v) is 5.17. The lowest BCUT2D eigenvalue weighted by atomic mass is 10.2. The number of carbonyl (C=O) groups excluding carboxylic acids is 3. The van der Waals surface area contributed by atoms with E-state index in [0.717, 1.165) is 4.90 Å². The van der Waals surface area contributed by atoms with Crippen LogP contribution in [-0.4, -0.2) is 46.9 Å². The van der Waals surface area contributed by atoms with Gasteiger partial charge in [0.15, 0.2) is 0 Å². The van der Waals surface area contributed by atoms with Crippen LogP contribution in [0.25, 0.3) is 0 Å². The van der Waals surface area contributed by atoms with Crippen LogP contribution in [0, 0.1) is 0 Å². The molecule has 0 aromatic heterocycles. The maximum absolute atomic E-state index is 12.0. The number of halogens is 1. The van der Waals surface area contributed by atoms with Crippen LogP contribution in [0.3, 0.4) is 0 Å². The van der Waals surface area contributed by atoms with Crippen molar-refractivity contribution in [1.82, 2.24) is 10.2 Å². The molecule has 1 aromatic rings. The molecule has 110 valence electrons. The summed E-state index contributed by atoms with van der Waals surface area (Å²) < 4.78 is 0.579. The number of carbonyl (C=O) groups is 4. The third-order valence-corrected chi connectivity index (χ3v) is 3.18. The van der Waals surface area contributed by atoms with Crippen molar-refractivity contribution in [2.45, 2.75) is 0 Å². The summed E-state index contributed by atoms with van der Waals surface area (Å²) in [7, 11) is 0. The first-order chi connectivity index (χ1) is 9.86. The van der Waals surface area contributed by atoms with Crippen molar-refractivity contribution in [3.63, 3.8) is 0 Å². The number of nitrogens with zero attached hydrogens (tertiary/aromatic N) is 1. The molecule has 1 heterocycles. The summed E-state index contributed by atoms with van der Waals surface area (Å²) in [6, 6.07) is 3.55. The average Bonchev–Trinajstić information content (AvgIpc) is 2.37. The smallest absolute Gasteiger partial charge is 0.337 e. The standard InChI is InChI=1S/C12H10BrN3O5/c13-6-1-2-7(11(19)20)8(3-6)14-12(21)16-4-9(17)15-10(18)5-16/h1-3H,4-5H2,(H,14,21)(H,19,20)(H,15,17,18). The average molecular weight is 356 g/mol. The van der Waals surface area contributed by atoms with Gasteiger partial charge in [-0.3, -0.25) is 14.9 Å². The summed E-state index contributed by atoms with van der Waals surface area (Å²) in [5, 5.41) is 13.5. The van der Waals surface area contributed by atoms with Gasteiger partial charge in [0.2, 0.25) is 11.8 Å². The van der Waals surface area contributed by atoms with Crippen molar-refractivity contribution < 1.29 is 24.3 Å². The normalized spacial score (nSPS) is 14.6. The Morgan fingerprint density at radius 1 is 1.24 bits per heavy atom. The van der Waals surface area contributed by atoms with Gasteiger partial charge in [0, 0.05) is 4.47 Å². The Kier molecular flexibility index (Phi) is 4.22. The highest BCUT2D eigenvalue weighted by Gasteiger charge is 2.27. The van der Waals surface area contributed by atoms with Crippen molar-refractivity contribution in [3.8, 4) is 0 Å². The molecular formula is C12H10BrN3O5. The molecule has 1 aromatic carbocycles. The highest BCUT2D eigenvalue weighted by atomic mass is 79.9. The van der Waals surface area contributed by atoms with E-state index in [1.165, 1.54) is 18.2 Å². The summed E-state index contributed by atoms with van der Waals surface area (Å²) in [6.07, 6.45) is 0. The van der Waals surface area contributed by atoms with E-state index >= 15 is 0 Å². The van der Waals surface area contributed by atoms with E-state index in [-0.39, 0.29) is 24.3 Å². The number of aromatic carboxylic acids is 1. The van der Waals surface area contributed by atoms with Gasteiger partial charge in [0.05, 0.1) is 11.3 Å². The number of carboxylic acid groups (broad SMARTS) is 1. The molecule has 1 aliphatic rings. The van der Waals surface area contributed by atoms with E-state index in [2.05, 4.69) is 26.6 Å². The number of hydrogen-bond donors (Lipinski definition) is 3. The molecule has 0 unspecified atom stereocenters. The fourth-order valence-corrected chi connectivity index (χ4v) is 2.14. The molecule has 0 atom stereocenters. The Balaban J connectivity index is 2.19. The quantitative estimate of drug-likeness (QED) is 0.673. The molecule has 4 amide bonds. The SMILES string of the molecule is O=C1CN(C(=O)Nc2cc(Br)ccc2C(=O)O)CC(=O)N1. The van der Waals surface area contributed by atoms with E-state index in [9.17, 15) is 19.2 Å². The summed E-state index contributed by atoms with van der Waals surface area (Å²) in [6.45, 7) is -0.540. The van der Waals surface area contributed by atoms with E-state index in [1.807, 2.05) is 0 Å². The van der Waals surface area contributed by atoms with Crippen molar-refractivity contribution in [2.75, 3.05) is 18.4 Å². The third kappa shape index (κ3) is 3.57. The lowest BCUT2D eigenvalue weighted by Crippen LogP contribution is -2.54. The van der Waals surface area contributed by atoms with Crippen LogP contribution in [0.4, 0.5) is 10.5 Å². The number of nitrogens with one attached hydrogen (secondary N) is 2. The summed E-state index contributed by atoms with van der Waals surface area (Å²) in [4.78, 5) is 46.5. The highest BCUT2D eigenvalue weighted by molar-refractivity contribution is 9.10. The Hall–Kier alpha value is -2.42. The van der Waals surface area contributed by atoms with Crippen molar-refractivity contribution >= 4 is 45.4 Å². The van der Waals surface area contributed by atoms with Crippen LogP contribution in [0.1, 0.15) is 10.4 Å². The fraction of sp³-hybridized carbons (Fsp3) is 0.167. The molecule has 0 saturated carbocycles. The molecule has 0 aliphatic carbocycles. The first kappa shape index (κ1) is 15.0. The second-order valence-electron chi connectivity index (χ2n) is 4.25. The Labute approximate surface area is 127 Å². The topological polar surface area (TPSA) is 116 Å². The van der Waals surface area contributed by atoms with E-state index < -0.39 is 23.8 Å². The van der Waals surface area contributed by atoms with Crippen LogP contribution in [0.15, 0.2) is 22.7 Å². The molecular weight excluding hydrogens is 346 g/mol. The molecule has 0 radical (unpaired) electrons. The second kappa shape index (κ2) is 5.92. The Morgan fingerprint density at radius 2 is 1.86 bits per heavy atom. The molecule has 3 N–H and O–H groups in total. The van der Waals surface area contributed by atoms with Crippen molar-refractivity contribution in [2.24, 2.45) is 0 Å². The van der Waals surface area contributed by atoms with Crippen LogP contribution >= 0.6 is 15.9 Å². The fourth-order valence-electron chi connectivity index (χ4n) is 1.78. The molecule has 9 heteroatoms. The number of imide groups is 1. The number of rotatable bonds is 2. The minimum atomic E-state index is -1.20. The molecule has 2 rings (SSSR count). The monoisotopic (exact) mass is 355 g/mol. The number of carboxylic acids is 1. The molecule has 0 bridgehead atoms. The summed E-state index contributed by atoms with van der Waals surface area (Å²) in [5.41, 5.74) is -0.0281. The van der Waals surface area contributed by atoms with Gasteiger partial charge in [0.1, 0.15) is 13.1 Å². The van der Waals surface area contributed by atoms with Gasteiger partial charge in [-0.05, 0) is 18.2 Å². The van der Waals surface area contributed by atoms with Crippen molar-refractivity contribution in [1.29, 1.82) is 0 Å². The van der Waals surface area contributed by atoms with Crippen molar-refractivity contribution in [3.05, 3.63) is 28.2 Å². The Morgan fingerprint density at radius 3 is 2.43 bits per heavy atom. The largest absolute Gasteiger partial charge is 0.478 e. The highest BCUT2D eigenvalue weighted by Crippen LogP contribution is 2.22. The minimum Gasteiger partial charge on any atom is -0.478 e. The first-order valence-electron chi connectivity index (χ1n) is 5.78. The van der Waals surface area contributed by atoms with E-state index in [1.54, 1.807) is 0 Å². The lowest BCUT2D eigenvalue weighted by Gasteiger charge is -2.25. The summed E-state index contributed by atoms with van der Waals surface area (Å²) in [5.74, 6) is -2.38. The van der Waals surface area contributed by atoms with E-state index in [0.29, 0.717) is 4.47 Å². The predicted octanol–water partition coefficient (Wildman–Crippen LogP) is 0.638. The van der Waals surface area contributed by atoms with Gasteiger partial charge in [-0.1, -0.05) is 15.9 Å². The number of piperazine rings is 1. The van der Waals surface area contributed by atoms with Gasteiger partial charge < -0.3 is 15.3 Å². The third-order valence-electron chi connectivity index (χ3n) is 2.69. The number of urea groups is 1. The predicted molar refractivity (Wildman–Crippen MR) is 74.8 cm³/mol. The molecule has 21 heavy (non-hydrogen) atoms. The van der Waals surface area contributed by atoms with Crippen LogP contribution < -0.4 is 10.6 Å². The molecule has 1 saturated heterocycles. The molecule has 0 spiro atoms. The van der Waals surface area contributed by atoms with Gasteiger partial charge in [-0.2, -0.15) is 0 Å². The minimum absolute atomic E-state index is 0.0697. The first-order valence-corrected chi connectivity index (χ1v) is 6.57. The lowest BCUT2D eigenvalue weighted by molar-refractivity contribution is -0.134. The number of hydrogen-bond acceptors (Lipinski definition) is 4. The van der Waals surface area contributed by atoms with Crippen LogP contribution in [0.5, 0.6) is 0 Å². The number of benzene rings is 1. The molecule has 1 aliphatic heterocycles. The van der Waals surface area contributed by atoms with Crippen LogP contribution in [0.2, 0.25) is 0 Å². The van der Waals surface area contributed by atoms with Gasteiger partial charge >= 0.3 is 12.0 Å². The van der Waals surface area contributed by atoms with E-state index in [4.69, 9.17) is 5.11 Å². The number of amides is 4. The zero-order chi connectivity index (χ0) is 15.6. The maximum Gasteiger partial charge on any atom is 0.337 e. The van der Waals surface area contributed by atoms with Gasteiger partial charge in [-0.15, -0.1) is 0 Å². The zero-order valence-corrected chi connectivity index (χ0v) is 12.1. The molecule has 1 fully saturated rings. The Bertz CT molecular complexity index is 630.